The Morgan fingerprint density at radius 2 is 1.86 bits per heavy atom. The first-order valence-corrected chi connectivity index (χ1v) is 7.37. The number of aryl methyl sites for hydroxylation is 4. The second-order valence-corrected chi connectivity index (χ2v) is 5.89. The lowest BCUT2D eigenvalue weighted by Crippen LogP contribution is -2.29. The van der Waals surface area contributed by atoms with Crippen LogP contribution in [0.5, 0.6) is 0 Å². The Bertz CT molecular complexity index is 1000. The molecule has 4 heteroatoms. The Hall–Kier alpha value is -2.62. The van der Waals surface area contributed by atoms with E-state index in [-0.39, 0.29) is 0 Å². The van der Waals surface area contributed by atoms with E-state index in [9.17, 15) is 0 Å². The number of fused-ring (bicyclic) bond motifs is 3. The highest BCUT2D eigenvalue weighted by Gasteiger charge is 2.23. The van der Waals surface area contributed by atoms with Crippen molar-refractivity contribution in [1.29, 1.82) is 0 Å². The van der Waals surface area contributed by atoms with Gasteiger partial charge in [-0.3, -0.25) is 0 Å². The minimum absolute atomic E-state index is 0.707. The van der Waals surface area contributed by atoms with E-state index in [4.69, 9.17) is 4.42 Å². The number of rotatable bonds is 1. The number of hydrogen-bond acceptors (Lipinski definition) is 2. The van der Waals surface area contributed by atoms with Gasteiger partial charge in [-0.25, -0.2) is 14.1 Å². The summed E-state index contributed by atoms with van der Waals surface area (Å²) < 4.78 is 10.4. The Kier molecular flexibility index (Phi) is 2.64. The maximum Gasteiger partial charge on any atom is 0.292 e. The van der Waals surface area contributed by atoms with Gasteiger partial charge in [0.05, 0.1) is 14.1 Å². The van der Waals surface area contributed by atoms with Crippen molar-refractivity contribution in [3.63, 3.8) is 0 Å². The summed E-state index contributed by atoms with van der Waals surface area (Å²) in [4.78, 5) is 4.53. The smallest absolute Gasteiger partial charge is 0.292 e. The fraction of sp³-hybridized carbons (Fsp3) is 0.222. The molecule has 110 valence electrons. The monoisotopic (exact) mass is 292 g/mol. The molecule has 0 amide bonds. The molecule has 22 heavy (non-hydrogen) atoms. The van der Waals surface area contributed by atoms with Crippen LogP contribution in [0.1, 0.15) is 11.3 Å². The second-order valence-electron chi connectivity index (χ2n) is 5.89. The predicted molar refractivity (Wildman–Crippen MR) is 86.6 cm³/mol. The zero-order valence-electron chi connectivity index (χ0n) is 13.2. The quantitative estimate of drug-likeness (QED) is 0.504. The van der Waals surface area contributed by atoms with Crippen LogP contribution >= 0.6 is 0 Å². The predicted octanol–water partition coefficient (Wildman–Crippen LogP) is 3.43. The lowest BCUT2D eigenvalue weighted by molar-refractivity contribution is -0.659. The second kappa shape index (κ2) is 4.44. The van der Waals surface area contributed by atoms with E-state index >= 15 is 0 Å². The van der Waals surface area contributed by atoms with Gasteiger partial charge in [0.15, 0.2) is 5.58 Å². The van der Waals surface area contributed by atoms with E-state index < -0.39 is 0 Å². The normalized spacial score (nSPS) is 11.6. The first-order chi connectivity index (χ1) is 10.6. The molecule has 3 heterocycles. The zero-order chi connectivity index (χ0) is 15.4. The molecule has 4 aromatic rings. The number of benzene rings is 1. The summed E-state index contributed by atoms with van der Waals surface area (Å²) >= 11 is 0. The largest absolute Gasteiger partial charge is 0.437 e. The average Bonchev–Trinajstić information content (AvgIpc) is 3.00. The summed E-state index contributed by atoms with van der Waals surface area (Å²) in [7, 11) is 4.11. The van der Waals surface area contributed by atoms with Crippen molar-refractivity contribution in [3.05, 3.63) is 47.9 Å². The van der Waals surface area contributed by atoms with Gasteiger partial charge < -0.3 is 4.42 Å². The molecule has 0 aliphatic carbocycles. The molecule has 0 spiro atoms. The fourth-order valence-electron chi connectivity index (χ4n) is 3.13. The maximum absolute atomic E-state index is 6.14. The minimum atomic E-state index is 0.707. The molecule has 0 unspecified atom stereocenters. The topological polar surface area (TPSA) is 34.8 Å². The summed E-state index contributed by atoms with van der Waals surface area (Å²) in [6, 6.07) is 8.40. The van der Waals surface area contributed by atoms with Crippen LogP contribution in [0.4, 0.5) is 0 Å². The van der Waals surface area contributed by atoms with Gasteiger partial charge in [0, 0.05) is 16.5 Å². The highest BCUT2D eigenvalue weighted by molar-refractivity contribution is 6.08. The summed E-state index contributed by atoms with van der Waals surface area (Å²) in [6.45, 7) is 4.10. The number of aromatic nitrogens is 3. The molecule has 0 atom stereocenters. The van der Waals surface area contributed by atoms with Crippen molar-refractivity contribution in [2.75, 3.05) is 0 Å². The van der Waals surface area contributed by atoms with Crippen molar-refractivity contribution in [2.24, 2.45) is 14.1 Å². The van der Waals surface area contributed by atoms with E-state index in [2.05, 4.69) is 65.7 Å². The molecule has 0 aliphatic heterocycles. The van der Waals surface area contributed by atoms with Crippen LogP contribution in [-0.2, 0) is 14.1 Å². The first kappa shape index (κ1) is 13.1. The molecular formula is C18H18N3O+. The summed E-state index contributed by atoms with van der Waals surface area (Å²) in [5.41, 5.74) is 4.90. The van der Waals surface area contributed by atoms with Crippen LogP contribution in [0.15, 0.2) is 41.1 Å². The van der Waals surface area contributed by atoms with Crippen LogP contribution in [0.25, 0.3) is 33.5 Å². The van der Waals surface area contributed by atoms with E-state index in [0.29, 0.717) is 5.71 Å². The summed E-state index contributed by atoms with van der Waals surface area (Å²) in [6.07, 6.45) is 4.11. The van der Waals surface area contributed by atoms with Crippen molar-refractivity contribution in [3.8, 4) is 11.4 Å². The molecule has 1 aromatic carbocycles. The molecular weight excluding hydrogens is 274 g/mol. The standard InChI is InChI=1S/C18H18N3O/c1-11-5-7-13-14-8-6-12(2)19-17(14)22-16(13)15(11)18-20(3)9-10-21(18)4/h5-10H,1-4H3/q+1. The summed E-state index contributed by atoms with van der Waals surface area (Å²) in [5.74, 6) is 1.12. The van der Waals surface area contributed by atoms with E-state index in [1.165, 1.54) is 5.56 Å². The number of furan rings is 1. The van der Waals surface area contributed by atoms with Gasteiger partial charge in [0.1, 0.15) is 18.0 Å². The van der Waals surface area contributed by atoms with Crippen LogP contribution in [0.3, 0.4) is 0 Å². The SMILES string of the molecule is Cc1ccc2c(n1)oc1c(-c3n(C)cc[n+]3C)c(C)ccc12. The van der Waals surface area contributed by atoms with Gasteiger partial charge in [-0.2, -0.15) is 0 Å². The molecule has 0 saturated carbocycles. The van der Waals surface area contributed by atoms with Gasteiger partial charge >= 0.3 is 0 Å². The van der Waals surface area contributed by atoms with Crippen LogP contribution in [0, 0.1) is 13.8 Å². The number of nitrogens with zero attached hydrogens (tertiary/aromatic N) is 3. The Labute approximate surface area is 128 Å². The zero-order valence-corrected chi connectivity index (χ0v) is 13.2. The van der Waals surface area contributed by atoms with Crippen LogP contribution < -0.4 is 4.57 Å². The van der Waals surface area contributed by atoms with Gasteiger partial charge in [0.2, 0.25) is 5.71 Å². The molecule has 3 aromatic heterocycles. The van der Waals surface area contributed by atoms with Crippen LogP contribution in [-0.4, -0.2) is 9.55 Å². The Morgan fingerprint density at radius 1 is 1.09 bits per heavy atom. The van der Waals surface area contributed by atoms with E-state index in [0.717, 1.165) is 33.4 Å². The molecule has 0 fully saturated rings. The molecule has 0 N–H and O–H groups in total. The molecule has 0 saturated heterocycles. The van der Waals surface area contributed by atoms with E-state index in [1.807, 2.05) is 13.0 Å². The number of pyridine rings is 1. The van der Waals surface area contributed by atoms with Crippen LogP contribution in [0.2, 0.25) is 0 Å². The first-order valence-electron chi connectivity index (χ1n) is 7.37. The van der Waals surface area contributed by atoms with Crippen molar-refractivity contribution < 1.29 is 8.98 Å². The van der Waals surface area contributed by atoms with Crippen molar-refractivity contribution in [2.45, 2.75) is 13.8 Å². The van der Waals surface area contributed by atoms with Gasteiger partial charge in [-0.05, 0) is 31.5 Å². The van der Waals surface area contributed by atoms with Crippen molar-refractivity contribution in [1.82, 2.24) is 9.55 Å². The highest BCUT2D eigenvalue weighted by atomic mass is 16.3. The van der Waals surface area contributed by atoms with Gasteiger partial charge in [0.25, 0.3) is 5.82 Å². The number of imidazole rings is 1. The lowest BCUT2D eigenvalue weighted by atomic mass is 10.0. The number of hydrogen-bond donors (Lipinski definition) is 0. The van der Waals surface area contributed by atoms with Gasteiger partial charge in [-0.15, -0.1) is 0 Å². The van der Waals surface area contributed by atoms with Gasteiger partial charge in [-0.1, -0.05) is 12.1 Å². The third kappa shape index (κ3) is 1.70. The minimum Gasteiger partial charge on any atom is -0.437 e. The highest BCUT2D eigenvalue weighted by Crippen LogP contribution is 2.36. The summed E-state index contributed by atoms with van der Waals surface area (Å²) in [5, 5.41) is 2.18. The molecule has 4 rings (SSSR count). The third-order valence-corrected chi connectivity index (χ3v) is 4.26. The Morgan fingerprint density at radius 3 is 2.59 bits per heavy atom. The Balaban J connectivity index is 2.18. The third-order valence-electron chi connectivity index (χ3n) is 4.26. The van der Waals surface area contributed by atoms with E-state index in [1.54, 1.807) is 0 Å². The molecule has 0 radical (unpaired) electrons. The lowest BCUT2D eigenvalue weighted by Gasteiger charge is -2.04. The molecule has 0 aliphatic rings. The molecule has 0 bridgehead atoms. The maximum atomic E-state index is 6.14. The fourth-order valence-corrected chi connectivity index (χ4v) is 3.13. The average molecular weight is 292 g/mol. The molecule has 4 nitrogen and oxygen atoms in total. The van der Waals surface area contributed by atoms with Crippen molar-refractivity contribution >= 4 is 22.1 Å².